The van der Waals surface area contributed by atoms with E-state index in [9.17, 15) is 4.39 Å². The molecule has 0 spiro atoms. The van der Waals surface area contributed by atoms with Gasteiger partial charge in [-0.05, 0) is 6.07 Å². The van der Waals surface area contributed by atoms with Crippen LogP contribution in [0.2, 0.25) is 24.8 Å². The Morgan fingerprint density at radius 1 is 1.43 bits per heavy atom. The Hall–Kier alpha value is -0.853. The standard InChI is InChI=1S/C10H11ClFNSi/c1-14(2,3)5-4-8-6-9(12)10(11)13-7-8/h6-7H,1-3H3. The molecule has 1 rings (SSSR count). The van der Waals surface area contributed by atoms with Crippen LogP contribution in [0.4, 0.5) is 4.39 Å². The minimum Gasteiger partial charge on any atom is -0.240 e. The maximum absolute atomic E-state index is 12.9. The van der Waals surface area contributed by atoms with Gasteiger partial charge in [0.05, 0.1) is 0 Å². The Bertz CT molecular complexity index is 401. The second kappa shape index (κ2) is 4.12. The Kier molecular flexibility index (Phi) is 3.30. The lowest BCUT2D eigenvalue weighted by Crippen LogP contribution is -2.16. The van der Waals surface area contributed by atoms with E-state index in [-0.39, 0.29) is 5.15 Å². The third kappa shape index (κ3) is 3.49. The van der Waals surface area contributed by atoms with Crippen molar-refractivity contribution in [2.24, 2.45) is 0 Å². The van der Waals surface area contributed by atoms with Gasteiger partial charge < -0.3 is 0 Å². The van der Waals surface area contributed by atoms with Gasteiger partial charge in [-0.1, -0.05) is 37.2 Å². The summed E-state index contributed by atoms with van der Waals surface area (Å²) in [4.78, 5) is 3.68. The summed E-state index contributed by atoms with van der Waals surface area (Å²) >= 11 is 5.45. The maximum atomic E-state index is 12.9. The van der Waals surface area contributed by atoms with E-state index in [0.717, 1.165) is 0 Å². The second-order valence-electron chi connectivity index (χ2n) is 4.00. The number of hydrogen-bond donors (Lipinski definition) is 0. The third-order valence-electron chi connectivity index (χ3n) is 1.38. The van der Waals surface area contributed by atoms with E-state index in [1.54, 1.807) is 0 Å². The summed E-state index contributed by atoms with van der Waals surface area (Å²) in [5.74, 6) is 2.38. The predicted octanol–water partition coefficient (Wildman–Crippen LogP) is 3.10. The molecule has 0 saturated carbocycles. The summed E-state index contributed by atoms with van der Waals surface area (Å²) in [5.41, 5.74) is 3.70. The van der Waals surface area contributed by atoms with E-state index in [1.165, 1.54) is 12.3 Å². The van der Waals surface area contributed by atoms with Crippen LogP contribution in [0, 0.1) is 17.3 Å². The minimum absolute atomic E-state index is 0.108. The number of nitrogens with zero attached hydrogens (tertiary/aromatic N) is 1. The molecule has 0 atom stereocenters. The number of halogens is 2. The molecule has 0 fully saturated rings. The molecule has 0 saturated heterocycles. The monoisotopic (exact) mass is 227 g/mol. The Morgan fingerprint density at radius 3 is 2.57 bits per heavy atom. The van der Waals surface area contributed by atoms with E-state index in [0.29, 0.717) is 5.56 Å². The van der Waals surface area contributed by atoms with Crippen molar-refractivity contribution in [3.8, 4) is 11.5 Å². The molecule has 1 aromatic heterocycles. The zero-order chi connectivity index (χ0) is 10.8. The van der Waals surface area contributed by atoms with Crippen LogP contribution >= 0.6 is 11.6 Å². The van der Waals surface area contributed by atoms with Crippen molar-refractivity contribution in [1.29, 1.82) is 0 Å². The van der Waals surface area contributed by atoms with Crippen LogP contribution in [0.25, 0.3) is 0 Å². The molecule has 14 heavy (non-hydrogen) atoms. The topological polar surface area (TPSA) is 12.9 Å². The molecule has 0 unspecified atom stereocenters. The van der Waals surface area contributed by atoms with Crippen molar-refractivity contribution >= 4 is 19.7 Å². The number of aromatic nitrogens is 1. The highest BCUT2D eigenvalue weighted by molar-refractivity contribution is 6.83. The van der Waals surface area contributed by atoms with Gasteiger partial charge in [0.25, 0.3) is 0 Å². The highest BCUT2D eigenvalue weighted by Crippen LogP contribution is 2.11. The quantitative estimate of drug-likeness (QED) is 0.377. The van der Waals surface area contributed by atoms with Crippen molar-refractivity contribution in [2.75, 3.05) is 0 Å². The van der Waals surface area contributed by atoms with Gasteiger partial charge in [-0.3, -0.25) is 0 Å². The van der Waals surface area contributed by atoms with Crippen LogP contribution < -0.4 is 0 Å². The number of rotatable bonds is 0. The fraction of sp³-hybridized carbons (Fsp3) is 0.300. The SMILES string of the molecule is C[Si](C)(C)C#Cc1cnc(Cl)c(F)c1. The van der Waals surface area contributed by atoms with Crippen LogP contribution in [0.3, 0.4) is 0 Å². The van der Waals surface area contributed by atoms with Crippen molar-refractivity contribution in [3.63, 3.8) is 0 Å². The molecule has 1 heterocycles. The van der Waals surface area contributed by atoms with Gasteiger partial charge in [0.1, 0.15) is 8.07 Å². The lowest BCUT2D eigenvalue weighted by Gasteiger charge is -2.03. The van der Waals surface area contributed by atoms with Gasteiger partial charge >= 0.3 is 0 Å². The van der Waals surface area contributed by atoms with Crippen molar-refractivity contribution in [2.45, 2.75) is 19.6 Å². The molecule has 0 N–H and O–H groups in total. The average molecular weight is 228 g/mol. The molecule has 0 bridgehead atoms. The largest absolute Gasteiger partial charge is 0.240 e. The predicted molar refractivity (Wildman–Crippen MR) is 59.4 cm³/mol. The minimum atomic E-state index is -1.42. The normalized spacial score (nSPS) is 10.6. The van der Waals surface area contributed by atoms with Crippen LogP contribution in [0.1, 0.15) is 5.56 Å². The zero-order valence-corrected chi connectivity index (χ0v) is 10.1. The smallest absolute Gasteiger partial charge is 0.164 e. The molecule has 0 aliphatic rings. The maximum Gasteiger partial charge on any atom is 0.164 e. The van der Waals surface area contributed by atoms with Crippen molar-refractivity contribution in [1.82, 2.24) is 4.98 Å². The molecule has 0 radical (unpaired) electrons. The van der Waals surface area contributed by atoms with Gasteiger partial charge in [0.15, 0.2) is 11.0 Å². The highest BCUT2D eigenvalue weighted by atomic mass is 35.5. The fourth-order valence-electron chi connectivity index (χ4n) is 0.749. The van der Waals surface area contributed by atoms with Crippen LogP contribution in [0.15, 0.2) is 12.3 Å². The highest BCUT2D eigenvalue weighted by Gasteiger charge is 2.07. The first kappa shape index (κ1) is 11.2. The Balaban J connectivity index is 2.98. The summed E-state index contributed by atoms with van der Waals surface area (Å²) in [6, 6.07) is 1.31. The molecule has 0 aromatic carbocycles. The summed E-state index contributed by atoms with van der Waals surface area (Å²) in [7, 11) is -1.42. The molecule has 74 valence electrons. The first-order chi connectivity index (χ1) is 6.38. The van der Waals surface area contributed by atoms with E-state index in [1.807, 2.05) is 0 Å². The van der Waals surface area contributed by atoms with E-state index in [4.69, 9.17) is 11.6 Å². The summed E-state index contributed by atoms with van der Waals surface area (Å²) < 4.78 is 12.9. The molecule has 0 aliphatic heterocycles. The summed E-state index contributed by atoms with van der Waals surface area (Å²) in [6.07, 6.45) is 1.48. The summed E-state index contributed by atoms with van der Waals surface area (Å²) in [6.45, 7) is 6.37. The third-order valence-corrected chi connectivity index (χ3v) is 2.53. The molecule has 1 aromatic rings. The van der Waals surface area contributed by atoms with E-state index < -0.39 is 13.9 Å². The number of pyridine rings is 1. The van der Waals surface area contributed by atoms with E-state index in [2.05, 4.69) is 36.1 Å². The molecule has 1 nitrogen and oxygen atoms in total. The number of hydrogen-bond acceptors (Lipinski definition) is 1. The lowest BCUT2D eigenvalue weighted by molar-refractivity contribution is 0.621. The fourth-order valence-corrected chi connectivity index (χ4v) is 1.37. The Morgan fingerprint density at radius 2 is 2.07 bits per heavy atom. The second-order valence-corrected chi connectivity index (χ2v) is 9.10. The Labute approximate surface area is 89.3 Å². The van der Waals surface area contributed by atoms with Gasteiger partial charge in [0.2, 0.25) is 0 Å². The molecular weight excluding hydrogens is 217 g/mol. The van der Waals surface area contributed by atoms with Crippen molar-refractivity contribution < 1.29 is 4.39 Å². The van der Waals surface area contributed by atoms with Crippen LogP contribution in [-0.2, 0) is 0 Å². The first-order valence-corrected chi connectivity index (χ1v) is 8.10. The molecule has 0 amide bonds. The average Bonchev–Trinajstić information content (AvgIpc) is 2.06. The lowest BCUT2D eigenvalue weighted by atomic mass is 10.3. The van der Waals surface area contributed by atoms with Gasteiger partial charge in [-0.2, -0.15) is 0 Å². The van der Waals surface area contributed by atoms with Crippen LogP contribution in [0.5, 0.6) is 0 Å². The van der Waals surface area contributed by atoms with Gasteiger partial charge in [-0.25, -0.2) is 9.37 Å². The van der Waals surface area contributed by atoms with E-state index >= 15 is 0 Å². The molecular formula is C10H11ClFNSi. The molecule has 0 aliphatic carbocycles. The molecule has 4 heteroatoms. The first-order valence-electron chi connectivity index (χ1n) is 4.23. The van der Waals surface area contributed by atoms with Gasteiger partial charge in [-0.15, -0.1) is 5.54 Å². The zero-order valence-electron chi connectivity index (χ0n) is 8.36. The van der Waals surface area contributed by atoms with Crippen LogP contribution in [-0.4, -0.2) is 13.1 Å². The van der Waals surface area contributed by atoms with Crippen molar-refractivity contribution in [3.05, 3.63) is 28.8 Å². The van der Waals surface area contributed by atoms with Gasteiger partial charge in [0, 0.05) is 11.8 Å². The summed E-state index contributed by atoms with van der Waals surface area (Å²) in [5, 5.41) is -0.108.